The molecule has 0 saturated carbocycles. The van der Waals surface area contributed by atoms with E-state index in [0.29, 0.717) is 0 Å². The van der Waals surface area contributed by atoms with Crippen LogP contribution in [0.5, 0.6) is 0 Å². The molecule has 0 saturated heterocycles. The summed E-state index contributed by atoms with van der Waals surface area (Å²) in [6.07, 6.45) is 0. The van der Waals surface area contributed by atoms with Gasteiger partial charge in [0.05, 0.1) is 14.8 Å². The summed E-state index contributed by atoms with van der Waals surface area (Å²) in [5.41, 5.74) is 0.728. The molecule has 5 heteroatoms. The number of hydrogen-bond donors (Lipinski definition) is 1. The van der Waals surface area contributed by atoms with Gasteiger partial charge < -0.3 is 5.23 Å². The molecule has 0 aliphatic carbocycles. The van der Waals surface area contributed by atoms with Gasteiger partial charge in [0.2, 0.25) is 5.91 Å². The highest BCUT2D eigenvalue weighted by molar-refractivity contribution is 7.23. The molecule has 0 aliphatic rings. The van der Waals surface area contributed by atoms with Crippen LogP contribution in [0.2, 0.25) is 0 Å². The van der Waals surface area contributed by atoms with Gasteiger partial charge in [0, 0.05) is 5.56 Å². The van der Waals surface area contributed by atoms with E-state index in [4.69, 9.17) is 0 Å². The second kappa shape index (κ2) is 4.70. The third-order valence-corrected chi connectivity index (χ3v) is 1.57. The van der Waals surface area contributed by atoms with Crippen LogP contribution in [-0.4, -0.2) is 28.0 Å². The van der Waals surface area contributed by atoms with Crippen LogP contribution in [0.15, 0.2) is 30.3 Å². The van der Waals surface area contributed by atoms with Crippen molar-refractivity contribution in [2.45, 2.75) is 0 Å². The van der Waals surface area contributed by atoms with E-state index in [1.807, 2.05) is 38.1 Å². The average Bonchev–Trinajstić information content (AvgIpc) is 2.15. The van der Waals surface area contributed by atoms with Crippen LogP contribution in [0.3, 0.4) is 0 Å². The molecule has 1 aromatic rings. The van der Waals surface area contributed by atoms with Crippen LogP contribution < -0.4 is 5.23 Å². The summed E-state index contributed by atoms with van der Waals surface area (Å²) in [5, 5.41) is 2.81. The number of carbonyl (C=O) groups is 1. The van der Waals surface area contributed by atoms with Gasteiger partial charge in [-0.2, -0.15) is 0 Å². The van der Waals surface area contributed by atoms with Crippen molar-refractivity contribution >= 4 is 28.0 Å². The Hall–Kier alpha value is -1.12. The summed E-state index contributed by atoms with van der Waals surface area (Å²) < 4.78 is 0. The van der Waals surface area contributed by atoms with Crippen molar-refractivity contribution in [3.8, 4) is 0 Å². The summed E-state index contributed by atoms with van der Waals surface area (Å²) >= 11 is 0. The molecule has 0 fully saturated rings. The van der Waals surface area contributed by atoms with E-state index in [1.54, 1.807) is 0 Å². The quantitative estimate of drug-likeness (QED) is 0.540. The predicted octanol–water partition coefficient (Wildman–Crippen LogP) is -1.33. The van der Waals surface area contributed by atoms with Gasteiger partial charge in [0.15, 0.2) is 7.31 Å². The monoisotopic (exact) mass is 157 g/mol. The van der Waals surface area contributed by atoms with Crippen LogP contribution in [0.4, 0.5) is 0 Å². The lowest BCUT2D eigenvalue weighted by molar-refractivity contribution is 0.0981. The maximum absolute atomic E-state index is 11.3. The van der Waals surface area contributed by atoms with Crippen molar-refractivity contribution in [1.29, 1.82) is 0 Å². The van der Waals surface area contributed by atoms with Gasteiger partial charge in [-0.25, -0.2) is 0 Å². The molecule has 0 unspecified atom stereocenters. The van der Waals surface area contributed by atoms with Gasteiger partial charge in [-0.3, -0.25) is 4.79 Å². The third kappa shape index (κ3) is 2.49. The number of benzene rings is 1. The lowest BCUT2D eigenvalue weighted by Crippen LogP contribution is -2.31. The first-order valence-electron chi connectivity index (χ1n) is 4.18. The van der Waals surface area contributed by atoms with E-state index in [9.17, 15) is 4.79 Å². The minimum absolute atomic E-state index is 0.0115. The zero-order valence-corrected chi connectivity index (χ0v) is 7.21. The molecule has 1 aromatic carbocycles. The fourth-order valence-corrected chi connectivity index (χ4v) is 0.930. The molecule has 0 bridgehead atoms. The zero-order chi connectivity index (χ0) is 8.81. The highest BCUT2D eigenvalue weighted by atomic mass is 16.1. The lowest BCUT2D eigenvalue weighted by atomic mass is 9.33. The summed E-state index contributed by atoms with van der Waals surface area (Å²) in [4.78, 5) is 11.3. The second-order valence-corrected chi connectivity index (χ2v) is 2.62. The fourth-order valence-electron chi connectivity index (χ4n) is 0.930. The van der Waals surface area contributed by atoms with Gasteiger partial charge in [-0.05, 0) is 12.1 Å². The molecular formula is C7H10B3NO. The lowest BCUT2D eigenvalue weighted by Gasteiger charge is -2.00. The normalized spacial score (nSPS) is 8.67. The molecular weight excluding hydrogens is 147 g/mol. The van der Waals surface area contributed by atoms with Crippen molar-refractivity contribution in [3.05, 3.63) is 35.9 Å². The molecule has 0 radical (unpaired) electrons. The van der Waals surface area contributed by atoms with Crippen LogP contribution in [0.25, 0.3) is 0 Å². The Morgan fingerprint density at radius 1 is 1.33 bits per heavy atom. The summed E-state index contributed by atoms with van der Waals surface area (Å²) in [6.45, 7) is 0. The van der Waals surface area contributed by atoms with Gasteiger partial charge in [0.1, 0.15) is 0 Å². The summed E-state index contributed by atoms with van der Waals surface area (Å²) in [6, 6.07) is 9.24. The Bertz CT molecular complexity index is 252. The Kier molecular flexibility index (Phi) is 3.52. The first kappa shape index (κ1) is 8.98. The largest absolute Gasteiger partial charge is 0.407 e. The van der Waals surface area contributed by atoms with Crippen LogP contribution in [0.1, 0.15) is 10.4 Å². The Morgan fingerprint density at radius 3 is 2.58 bits per heavy atom. The van der Waals surface area contributed by atoms with Crippen LogP contribution >= 0.6 is 0 Å². The standard InChI is InChI=1S/C7H10B3NO/c8-9-10-11-7(12)6-4-2-1-3-5-6/h1-5,9-10H,8H2,(H,11,12). The minimum Gasteiger partial charge on any atom is -0.407 e. The van der Waals surface area contributed by atoms with Gasteiger partial charge in [-0.1, -0.05) is 18.2 Å². The number of rotatable bonds is 3. The fraction of sp³-hybridized carbons (Fsp3) is 0. The van der Waals surface area contributed by atoms with Crippen LogP contribution in [0, 0.1) is 0 Å². The smallest absolute Gasteiger partial charge is 0.238 e. The SMILES string of the molecule is BBBNC(=O)c1ccccc1. The summed E-state index contributed by atoms with van der Waals surface area (Å²) in [7, 11) is 3.75. The van der Waals surface area contributed by atoms with E-state index in [-0.39, 0.29) is 5.91 Å². The highest BCUT2D eigenvalue weighted by Gasteiger charge is 2.01. The Morgan fingerprint density at radius 2 is 2.00 bits per heavy atom. The van der Waals surface area contributed by atoms with Gasteiger partial charge in [-0.15, -0.1) is 0 Å². The first-order chi connectivity index (χ1) is 5.84. The second-order valence-electron chi connectivity index (χ2n) is 2.62. The van der Waals surface area contributed by atoms with Crippen molar-refractivity contribution in [2.75, 3.05) is 0 Å². The minimum atomic E-state index is 0.0115. The number of amides is 1. The maximum Gasteiger partial charge on any atom is 0.238 e. The number of nitrogens with one attached hydrogen (secondary N) is 1. The van der Waals surface area contributed by atoms with E-state index in [2.05, 4.69) is 5.23 Å². The molecule has 0 aromatic heterocycles. The molecule has 58 valence electrons. The van der Waals surface area contributed by atoms with Crippen molar-refractivity contribution in [1.82, 2.24) is 5.23 Å². The third-order valence-electron chi connectivity index (χ3n) is 1.57. The molecule has 0 atom stereocenters. The predicted molar refractivity (Wildman–Crippen MR) is 56.8 cm³/mol. The van der Waals surface area contributed by atoms with Crippen molar-refractivity contribution in [3.63, 3.8) is 0 Å². The highest BCUT2D eigenvalue weighted by Crippen LogP contribution is 1.96. The first-order valence-corrected chi connectivity index (χ1v) is 4.18. The van der Waals surface area contributed by atoms with E-state index in [0.717, 1.165) is 19.9 Å². The van der Waals surface area contributed by atoms with Gasteiger partial charge >= 0.3 is 0 Å². The van der Waals surface area contributed by atoms with E-state index < -0.39 is 0 Å². The van der Waals surface area contributed by atoms with E-state index in [1.165, 1.54) is 0 Å². The molecule has 1 amide bonds. The zero-order valence-electron chi connectivity index (χ0n) is 7.21. The summed E-state index contributed by atoms with van der Waals surface area (Å²) in [5.74, 6) is 0.0115. The van der Waals surface area contributed by atoms with Crippen molar-refractivity contribution < 1.29 is 4.79 Å². The Balaban J connectivity index is 2.54. The molecule has 1 rings (SSSR count). The molecule has 0 aliphatic heterocycles. The molecule has 0 spiro atoms. The van der Waals surface area contributed by atoms with Crippen molar-refractivity contribution in [2.24, 2.45) is 0 Å². The van der Waals surface area contributed by atoms with Crippen LogP contribution in [-0.2, 0) is 0 Å². The maximum atomic E-state index is 11.3. The topological polar surface area (TPSA) is 29.1 Å². The molecule has 12 heavy (non-hydrogen) atoms. The van der Waals surface area contributed by atoms with E-state index >= 15 is 0 Å². The Labute approximate surface area is 74.6 Å². The number of carbonyl (C=O) groups excluding carboxylic acids is 1. The molecule has 0 heterocycles. The molecule has 2 nitrogen and oxygen atoms in total. The molecule has 1 N–H and O–H groups in total. The number of hydrogen-bond acceptors (Lipinski definition) is 1. The average molecular weight is 157 g/mol. The van der Waals surface area contributed by atoms with Gasteiger partial charge in [0.25, 0.3) is 0 Å².